The van der Waals surface area contributed by atoms with Crippen LogP contribution < -0.4 is 15.4 Å². The first-order chi connectivity index (χ1) is 15.0. The fraction of sp³-hybridized carbons (Fsp3) is 0.231. The Hall–Kier alpha value is -3.60. The van der Waals surface area contributed by atoms with E-state index >= 15 is 0 Å². The highest BCUT2D eigenvalue weighted by Gasteiger charge is 2.17. The Morgan fingerprint density at radius 2 is 1.45 bits per heavy atom. The Kier molecular flexibility index (Phi) is 7.82. The van der Waals surface area contributed by atoms with Crippen molar-refractivity contribution in [1.82, 2.24) is 5.32 Å². The SMILES string of the molecule is CC(C)COc1ccccc1C(=O)Nc1ccccc1C(=O)NCCc1ccccc1. The van der Waals surface area contributed by atoms with Crippen LogP contribution in [0.5, 0.6) is 5.75 Å². The Labute approximate surface area is 183 Å². The van der Waals surface area contributed by atoms with Crippen LogP contribution in [-0.2, 0) is 6.42 Å². The molecule has 0 spiro atoms. The molecule has 0 saturated carbocycles. The molecular weight excluding hydrogens is 388 g/mol. The van der Waals surface area contributed by atoms with E-state index < -0.39 is 0 Å². The molecule has 0 radical (unpaired) electrons. The lowest BCUT2D eigenvalue weighted by Crippen LogP contribution is -2.27. The highest BCUT2D eigenvalue weighted by atomic mass is 16.5. The molecule has 0 aliphatic rings. The molecular formula is C26H28N2O3. The predicted molar refractivity (Wildman–Crippen MR) is 124 cm³/mol. The second-order valence-electron chi connectivity index (χ2n) is 7.69. The molecule has 160 valence electrons. The van der Waals surface area contributed by atoms with Crippen molar-refractivity contribution in [3.63, 3.8) is 0 Å². The highest BCUT2D eigenvalue weighted by Crippen LogP contribution is 2.22. The minimum absolute atomic E-state index is 0.226. The Bertz CT molecular complexity index is 1020. The van der Waals surface area contributed by atoms with Crippen LogP contribution in [0.3, 0.4) is 0 Å². The monoisotopic (exact) mass is 416 g/mol. The second kappa shape index (κ2) is 11.0. The molecule has 31 heavy (non-hydrogen) atoms. The van der Waals surface area contributed by atoms with Crippen molar-refractivity contribution >= 4 is 17.5 Å². The molecule has 0 aromatic heterocycles. The van der Waals surface area contributed by atoms with Crippen LogP contribution >= 0.6 is 0 Å². The topological polar surface area (TPSA) is 67.4 Å². The van der Waals surface area contributed by atoms with Crippen LogP contribution in [0.15, 0.2) is 78.9 Å². The smallest absolute Gasteiger partial charge is 0.259 e. The summed E-state index contributed by atoms with van der Waals surface area (Å²) in [7, 11) is 0. The van der Waals surface area contributed by atoms with Crippen LogP contribution in [0, 0.1) is 5.92 Å². The molecule has 2 amide bonds. The standard InChI is InChI=1S/C26H28N2O3/c1-19(2)18-31-24-15-9-7-13-22(24)26(30)28-23-14-8-6-12-21(23)25(29)27-17-16-20-10-4-3-5-11-20/h3-15,19H,16-18H2,1-2H3,(H,27,29)(H,28,30). The first-order valence-corrected chi connectivity index (χ1v) is 10.5. The molecule has 0 aliphatic carbocycles. The third kappa shape index (κ3) is 6.44. The molecule has 2 N–H and O–H groups in total. The van der Waals surface area contributed by atoms with E-state index in [9.17, 15) is 9.59 Å². The molecule has 0 unspecified atom stereocenters. The number of para-hydroxylation sites is 2. The van der Waals surface area contributed by atoms with Crippen molar-refractivity contribution in [3.05, 3.63) is 95.6 Å². The second-order valence-corrected chi connectivity index (χ2v) is 7.69. The van der Waals surface area contributed by atoms with E-state index in [4.69, 9.17) is 4.74 Å². The number of carbonyl (C=O) groups excluding carboxylic acids is 2. The summed E-state index contributed by atoms with van der Waals surface area (Å²) in [5.74, 6) is 0.329. The maximum absolute atomic E-state index is 12.9. The molecule has 0 aliphatic heterocycles. The Balaban J connectivity index is 1.68. The zero-order chi connectivity index (χ0) is 22.1. The van der Waals surface area contributed by atoms with Crippen molar-refractivity contribution in [3.8, 4) is 5.75 Å². The number of nitrogens with one attached hydrogen (secondary N) is 2. The van der Waals surface area contributed by atoms with Gasteiger partial charge in [-0.15, -0.1) is 0 Å². The molecule has 0 fully saturated rings. The van der Waals surface area contributed by atoms with Crippen molar-refractivity contribution in [2.45, 2.75) is 20.3 Å². The summed E-state index contributed by atoms with van der Waals surface area (Å²) < 4.78 is 5.79. The van der Waals surface area contributed by atoms with Crippen LogP contribution in [0.2, 0.25) is 0 Å². The maximum atomic E-state index is 12.9. The van der Waals surface area contributed by atoms with E-state index in [1.54, 1.807) is 42.5 Å². The summed E-state index contributed by atoms with van der Waals surface area (Å²) in [6.07, 6.45) is 0.738. The third-order valence-corrected chi connectivity index (χ3v) is 4.67. The normalized spacial score (nSPS) is 10.5. The van der Waals surface area contributed by atoms with E-state index in [1.165, 1.54) is 0 Å². The van der Waals surface area contributed by atoms with Crippen LogP contribution in [0.25, 0.3) is 0 Å². The van der Waals surface area contributed by atoms with E-state index in [0.717, 1.165) is 12.0 Å². The van der Waals surface area contributed by atoms with Crippen LogP contribution in [0.4, 0.5) is 5.69 Å². The van der Waals surface area contributed by atoms with E-state index in [-0.39, 0.29) is 11.8 Å². The summed E-state index contributed by atoms with van der Waals surface area (Å²) in [6, 6.07) is 24.1. The lowest BCUT2D eigenvalue weighted by atomic mass is 10.1. The molecule has 3 aromatic carbocycles. The van der Waals surface area contributed by atoms with Gasteiger partial charge in [-0.05, 0) is 42.2 Å². The van der Waals surface area contributed by atoms with Gasteiger partial charge in [-0.2, -0.15) is 0 Å². The van der Waals surface area contributed by atoms with Gasteiger partial charge in [-0.1, -0.05) is 68.4 Å². The summed E-state index contributed by atoms with van der Waals surface area (Å²) in [5.41, 5.74) is 2.47. The van der Waals surface area contributed by atoms with Crippen molar-refractivity contribution in [1.29, 1.82) is 0 Å². The summed E-state index contributed by atoms with van der Waals surface area (Å²) in [5, 5.41) is 5.79. The summed E-state index contributed by atoms with van der Waals surface area (Å²) >= 11 is 0. The van der Waals surface area contributed by atoms with Crippen LogP contribution in [0.1, 0.15) is 40.1 Å². The molecule has 0 bridgehead atoms. The van der Waals surface area contributed by atoms with Gasteiger partial charge in [-0.3, -0.25) is 9.59 Å². The average molecular weight is 417 g/mol. The number of hydrogen-bond acceptors (Lipinski definition) is 3. The quantitative estimate of drug-likeness (QED) is 0.519. The van der Waals surface area contributed by atoms with Gasteiger partial charge in [0.15, 0.2) is 0 Å². The van der Waals surface area contributed by atoms with E-state index in [1.807, 2.05) is 36.4 Å². The lowest BCUT2D eigenvalue weighted by molar-refractivity contribution is 0.0955. The zero-order valence-corrected chi connectivity index (χ0v) is 17.9. The molecule has 3 aromatic rings. The Morgan fingerprint density at radius 3 is 2.19 bits per heavy atom. The molecule has 0 heterocycles. The fourth-order valence-electron chi connectivity index (χ4n) is 3.08. The Morgan fingerprint density at radius 1 is 0.806 bits per heavy atom. The van der Waals surface area contributed by atoms with Gasteiger partial charge in [0, 0.05) is 6.54 Å². The fourth-order valence-corrected chi connectivity index (χ4v) is 3.08. The van der Waals surface area contributed by atoms with Crippen molar-refractivity contribution in [2.24, 2.45) is 5.92 Å². The number of benzene rings is 3. The summed E-state index contributed by atoms with van der Waals surface area (Å²) in [6.45, 7) is 5.13. The lowest BCUT2D eigenvalue weighted by Gasteiger charge is -2.15. The third-order valence-electron chi connectivity index (χ3n) is 4.67. The molecule has 5 heteroatoms. The van der Waals surface area contributed by atoms with Gasteiger partial charge in [-0.25, -0.2) is 0 Å². The number of hydrogen-bond donors (Lipinski definition) is 2. The van der Waals surface area contributed by atoms with Crippen molar-refractivity contribution < 1.29 is 14.3 Å². The van der Waals surface area contributed by atoms with E-state index in [0.29, 0.717) is 41.6 Å². The van der Waals surface area contributed by atoms with Gasteiger partial charge >= 0.3 is 0 Å². The number of amides is 2. The van der Waals surface area contributed by atoms with Gasteiger partial charge in [0.05, 0.1) is 23.4 Å². The highest BCUT2D eigenvalue weighted by molar-refractivity contribution is 6.10. The minimum atomic E-state index is -0.316. The van der Waals surface area contributed by atoms with Gasteiger partial charge in [0.25, 0.3) is 11.8 Å². The number of rotatable bonds is 9. The number of anilines is 1. The molecule has 0 saturated heterocycles. The average Bonchev–Trinajstić information content (AvgIpc) is 2.79. The predicted octanol–water partition coefficient (Wildman–Crippen LogP) is 4.95. The largest absolute Gasteiger partial charge is 0.492 e. The minimum Gasteiger partial charge on any atom is -0.492 e. The maximum Gasteiger partial charge on any atom is 0.259 e. The number of ether oxygens (including phenoxy) is 1. The molecule has 0 atom stereocenters. The van der Waals surface area contributed by atoms with Crippen LogP contribution in [-0.4, -0.2) is 25.0 Å². The van der Waals surface area contributed by atoms with Gasteiger partial charge < -0.3 is 15.4 Å². The first kappa shape index (κ1) is 22.1. The van der Waals surface area contributed by atoms with Gasteiger partial charge in [0.2, 0.25) is 0 Å². The zero-order valence-electron chi connectivity index (χ0n) is 17.9. The molecule has 5 nitrogen and oxygen atoms in total. The first-order valence-electron chi connectivity index (χ1n) is 10.5. The molecule has 3 rings (SSSR count). The van der Waals surface area contributed by atoms with Gasteiger partial charge in [0.1, 0.15) is 5.75 Å². The van der Waals surface area contributed by atoms with E-state index in [2.05, 4.69) is 24.5 Å². The summed E-state index contributed by atoms with van der Waals surface area (Å²) in [4.78, 5) is 25.7. The van der Waals surface area contributed by atoms with Crippen molar-refractivity contribution in [2.75, 3.05) is 18.5 Å². The number of carbonyl (C=O) groups is 2.